The van der Waals surface area contributed by atoms with E-state index in [0.717, 1.165) is 29.6 Å². The molecule has 1 atom stereocenters. The summed E-state index contributed by atoms with van der Waals surface area (Å²) >= 11 is 1.54. The largest absolute Gasteiger partial charge is 0.301 e. The molecule has 1 aromatic heterocycles. The van der Waals surface area contributed by atoms with Gasteiger partial charge in [-0.15, -0.1) is 0 Å². The lowest BCUT2D eigenvalue weighted by Gasteiger charge is -2.17. The SMILES string of the molecule is Cc1ccc2nc(NC(=O)[C@@H]3CCCN3C)sc2c1. The molecule has 1 amide bonds. The van der Waals surface area contributed by atoms with Crippen LogP contribution in [0.3, 0.4) is 0 Å². The van der Waals surface area contributed by atoms with Gasteiger partial charge in [0.05, 0.1) is 16.3 Å². The van der Waals surface area contributed by atoms with Gasteiger partial charge in [-0.05, 0) is 51.1 Å². The number of benzene rings is 1. The van der Waals surface area contributed by atoms with Crippen LogP contribution in [0.15, 0.2) is 18.2 Å². The van der Waals surface area contributed by atoms with Gasteiger partial charge < -0.3 is 5.32 Å². The van der Waals surface area contributed by atoms with E-state index in [1.54, 1.807) is 0 Å². The lowest BCUT2D eigenvalue weighted by atomic mass is 10.2. The van der Waals surface area contributed by atoms with Crippen molar-refractivity contribution in [3.05, 3.63) is 23.8 Å². The number of anilines is 1. The zero-order chi connectivity index (χ0) is 13.4. The van der Waals surface area contributed by atoms with E-state index in [1.165, 1.54) is 16.9 Å². The molecule has 4 nitrogen and oxygen atoms in total. The molecule has 0 saturated carbocycles. The summed E-state index contributed by atoms with van der Waals surface area (Å²) in [5.74, 6) is 0.0655. The number of nitrogens with zero attached hydrogens (tertiary/aromatic N) is 2. The average Bonchev–Trinajstić information content (AvgIpc) is 2.94. The number of aryl methyl sites for hydroxylation is 1. The van der Waals surface area contributed by atoms with Crippen LogP contribution in [0.5, 0.6) is 0 Å². The highest BCUT2D eigenvalue weighted by molar-refractivity contribution is 7.22. The molecule has 2 aromatic rings. The van der Waals surface area contributed by atoms with Crippen molar-refractivity contribution < 1.29 is 4.79 Å². The van der Waals surface area contributed by atoms with Crippen molar-refractivity contribution >= 4 is 32.6 Å². The highest BCUT2D eigenvalue weighted by atomic mass is 32.1. The number of nitrogens with one attached hydrogen (secondary N) is 1. The average molecular weight is 275 g/mol. The number of hydrogen-bond donors (Lipinski definition) is 1. The molecule has 1 aromatic carbocycles. The maximum atomic E-state index is 12.2. The molecule has 1 saturated heterocycles. The summed E-state index contributed by atoms with van der Waals surface area (Å²) in [5.41, 5.74) is 2.16. The van der Waals surface area contributed by atoms with E-state index >= 15 is 0 Å². The van der Waals surface area contributed by atoms with Crippen LogP contribution in [0, 0.1) is 6.92 Å². The van der Waals surface area contributed by atoms with Gasteiger partial charge in [-0.3, -0.25) is 9.69 Å². The molecule has 2 heterocycles. The third kappa shape index (κ3) is 2.48. The van der Waals surface area contributed by atoms with Gasteiger partial charge >= 0.3 is 0 Å². The van der Waals surface area contributed by atoms with Crippen LogP contribution in [0.1, 0.15) is 18.4 Å². The minimum atomic E-state index is -0.00579. The number of thiazole rings is 1. The summed E-state index contributed by atoms with van der Waals surface area (Å²) in [4.78, 5) is 18.7. The standard InChI is InChI=1S/C14H17N3OS/c1-9-5-6-10-12(8-9)19-14(15-10)16-13(18)11-4-3-7-17(11)2/h5-6,8,11H,3-4,7H2,1-2H3,(H,15,16,18)/t11-/m0/s1. The second-order valence-electron chi connectivity index (χ2n) is 5.12. The Balaban J connectivity index is 1.79. The van der Waals surface area contributed by atoms with Gasteiger partial charge in [-0.1, -0.05) is 17.4 Å². The summed E-state index contributed by atoms with van der Waals surface area (Å²) < 4.78 is 1.12. The summed E-state index contributed by atoms with van der Waals surface area (Å²) in [6, 6.07) is 6.13. The molecule has 0 radical (unpaired) electrons. The smallest absolute Gasteiger partial charge is 0.243 e. The second kappa shape index (κ2) is 4.90. The van der Waals surface area contributed by atoms with Crippen molar-refractivity contribution in [1.82, 2.24) is 9.88 Å². The number of carbonyl (C=O) groups excluding carboxylic acids is 1. The third-order valence-electron chi connectivity index (χ3n) is 3.60. The fraction of sp³-hybridized carbons (Fsp3) is 0.429. The van der Waals surface area contributed by atoms with Crippen molar-refractivity contribution in [3.8, 4) is 0 Å². The molecule has 1 aliphatic heterocycles. The van der Waals surface area contributed by atoms with Crippen molar-refractivity contribution in [2.75, 3.05) is 18.9 Å². The van der Waals surface area contributed by atoms with E-state index in [2.05, 4.69) is 28.2 Å². The molecule has 0 bridgehead atoms. The maximum absolute atomic E-state index is 12.2. The number of fused-ring (bicyclic) bond motifs is 1. The zero-order valence-corrected chi connectivity index (χ0v) is 12.0. The topological polar surface area (TPSA) is 45.2 Å². The Morgan fingerprint density at radius 1 is 1.53 bits per heavy atom. The van der Waals surface area contributed by atoms with Gasteiger partial charge in [-0.25, -0.2) is 4.98 Å². The Bertz CT molecular complexity index is 622. The van der Waals surface area contributed by atoms with Gasteiger partial charge in [0.15, 0.2) is 5.13 Å². The van der Waals surface area contributed by atoms with E-state index in [4.69, 9.17) is 0 Å². The van der Waals surface area contributed by atoms with Gasteiger partial charge in [-0.2, -0.15) is 0 Å². The molecule has 0 unspecified atom stereocenters. The lowest BCUT2D eigenvalue weighted by Crippen LogP contribution is -2.37. The first-order valence-electron chi connectivity index (χ1n) is 6.52. The molecule has 100 valence electrons. The minimum absolute atomic E-state index is 0.00579. The highest BCUT2D eigenvalue weighted by Crippen LogP contribution is 2.27. The Hall–Kier alpha value is -1.46. The van der Waals surface area contributed by atoms with Crippen LogP contribution in [-0.2, 0) is 4.79 Å². The van der Waals surface area contributed by atoms with Crippen LogP contribution < -0.4 is 5.32 Å². The maximum Gasteiger partial charge on any atom is 0.243 e. The molecule has 0 spiro atoms. The van der Waals surface area contributed by atoms with Crippen LogP contribution in [0.25, 0.3) is 10.2 Å². The monoisotopic (exact) mass is 275 g/mol. The van der Waals surface area contributed by atoms with Gasteiger partial charge in [0, 0.05) is 0 Å². The quantitative estimate of drug-likeness (QED) is 0.916. The minimum Gasteiger partial charge on any atom is -0.301 e. The van der Waals surface area contributed by atoms with Crippen LogP contribution in [0.2, 0.25) is 0 Å². The van der Waals surface area contributed by atoms with Gasteiger partial charge in [0.2, 0.25) is 5.91 Å². The Morgan fingerprint density at radius 3 is 3.11 bits per heavy atom. The predicted molar refractivity (Wildman–Crippen MR) is 78.6 cm³/mol. The van der Waals surface area contributed by atoms with Gasteiger partial charge in [0.25, 0.3) is 0 Å². The molecule has 5 heteroatoms. The normalized spacial score (nSPS) is 20.0. The molecule has 1 aliphatic rings. The first-order chi connectivity index (χ1) is 9.13. The fourth-order valence-corrected chi connectivity index (χ4v) is 3.48. The number of likely N-dealkylation sites (N-methyl/N-ethyl adjacent to an activating group) is 1. The number of carbonyl (C=O) groups is 1. The summed E-state index contributed by atoms with van der Waals surface area (Å²) in [6.07, 6.45) is 2.03. The van der Waals surface area contributed by atoms with Crippen molar-refractivity contribution in [2.45, 2.75) is 25.8 Å². The summed E-state index contributed by atoms with van der Waals surface area (Å²) in [7, 11) is 2.00. The van der Waals surface area contributed by atoms with E-state index < -0.39 is 0 Å². The van der Waals surface area contributed by atoms with Gasteiger partial charge in [0.1, 0.15) is 0 Å². The Labute approximate surface area is 116 Å². The number of aromatic nitrogens is 1. The first kappa shape index (κ1) is 12.6. The third-order valence-corrected chi connectivity index (χ3v) is 4.53. The number of amides is 1. The molecular formula is C14H17N3OS. The highest BCUT2D eigenvalue weighted by Gasteiger charge is 2.28. The lowest BCUT2D eigenvalue weighted by molar-refractivity contribution is -0.119. The first-order valence-corrected chi connectivity index (χ1v) is 7.33. The molecule has 0 aliphatic carbocycles. The second-order valence-corrected chi connectivity index (χ2v) is 6.15. The van der Waals surface area contributed by atoms with E-state index in [1.807, 2.05) is 19.2 Å². The molecule has 1 N–H and O–H groups in total. The number of rotatable bonds is 2. The summed E-state index contributed by atoms with van der Waals surface area (Å²) in [6.45, 7) is 3.06. The van der Waals surface area contributed by atoms with Crippen molar-refractivity contribution in [3.63, 3.8) is 0 Å². The van der Waals surface area contributed by atoms with Crippen LogP contribution in [-0.4, -0.2) is 35.4 Å². The molecule has 3 rings (SSSR count). The van der Waals surface area contributed by atoms with E-state index in [-0.39, 0.29) is 11.9 Å². The summed E-state index contributed by atoms with van der Waals surface area (Å²) in [5, 5.41) is 3.65. The molecule has 1 fully saturated rings. The van der Waals surface area contributed by atoms with Crippen molar-refractivity contribution in [1.29, 1.82) is 0 Å². The zero-order valence-electron chi connectivity index (χ0n) is 11.1. The number of likely N-dealkylation sites (tertiary alicyclic amines) is 1. The molecule has 19 heavy (non-hydrogen) atoms. The van der Waals surface area contributed by atoms with Crippen LogP contribution in [0.4, 0.5) is 5.13 Å². The fourth-order valence-electron chi connectivity index (χ4n) is 2.52. The molecular weight excluding hydrogens is 258 g/mol. The van der Waals surface area contributed by atoms with E-state index in [9.17, 15) is 4.79 Å². The Morgan fingerprint density at radius 2 is 2.37 bits per heavy atom. The van der Waals surface area contributed by atoms with Crippen LogP contribution >= 0.6 is 11.3 Å². The number of hydrogen-bond acceptors (Lipinski definition) is 4. The Kier molecular flexibility index (Phi) is 3.24. The van der Waals surface area contributed by atoms with E-state index in [0.29, 0.717) is 5.13 Å². The predicted octanol–water partition coefficient (Wildman–Crippen LogP) is 2.64. The van der Waals surface area contributed by atoms with Crippen molar-refractivity contribution in [2.24, 2.45) is 0 Å².